The van der Waals surface area contributed by atoms with Crippen LogP contribution in [0.2, 0.25) is 5.28 Å². The Bertz CT molecular complexity index is 1110. The first-order valence-electron chi connectivity index (χ1n) is 10.9. The predicted octanol–water partition coefficient (Wildman–Crippen LogP) is 1.92. The largest absolute Gasteiger partial charge is 0.491 e. The van der Waals surface area contributed by atoms with E-state index < -0.39 is 24.3 Å². The highest BCUT2D eigenvalue weighted by Gasteiger charge is 2.43. The summed E-state index contributed by atoms with van der Waals surface area (Å²) in [6, 6.07) is 8.27. The normalized spacial score (nSPS) is 23.4. The van der Waals surface area contributed by atoms with Crippen molar-refractivity contribution in [1.82, 2.24) is 24.8 Å². The molecule has 1 aliphatic carbocycles. The SMILES string of the molecule is CCC(=O)NC1C[C@@H](n2cnc3c(N[C@@H](C)COc4ccccc4)nc(Cl)nc32)[C@H](O)[C@@H]1O. The van der Waals surface area contributed by atoms with E-state index in [2.05, 4.69) is 25.6 Å². The summed E-state index contributed by atoms with van der Waals surface area (Å²) < 4.78 is 7.46. The molecule has 4 rings (SSSR count). The van der Waals surface area contributed by atoms with E-state index in [4.69, 9.17) is 16.3 Å². The molecule has 2 heterocycles. The minimum absolute atomic E-state index is 0.0202. The van der Waals surface area contributed by atoms with Gasteiger partial charge in [-0.1, -0.05) is 25.1 Å². The molecule has 1 aliphatic rings. The summed E-state index contributed by atoms with van der Waals surface area (Å²) in [5.74, 6) is 1.02. The Kier molecular flexibility index (Phi) is 6.96. The number of carbonyl (C=O) groups is 1. The summed E-state index contributed by atoms with van der Waals surface area (Å²) in [6.45, 7) is 4.06. The first-order valence-corrected chi connectivity index (χ1v) is 11.2. The van der Waals surface area contributed by atoms with Gasteiger partial charge in [0.1, 0.15) is 24.6 Å². The number of aliphatic hydroxyl groups excluding tert-OH is 2. The van der Waals surface area contributed by atoms with Crippen molar-refractivity contribution in [2.45, 2.75) is 57.0 Å². The lowest BCUT2D eigenvalue weighted by Gasteiger charge is -2.19. The second-order valence-electron chi connectivity index (χ2n) is 8.15. The average molecular weight is 475 g/mol. The van der Waals surface area contributed by atoms with Crippen LogP contribution in [0.5, 0.6) is 5.75 Å². The van der Waals surface area contributed by atoms with Crippen molar-refractivity contribution in [2.75, 3.05) is 11.9 Å². The highest BCUT2D eigenvalue weighted by atomic mass is 35.5. The van der Waals surface area contributed by atoms with Crippen LogP contribution in [0.3, 0.4) is 0 Å². The van der Waals surface area contributed by atoms with Crippen LogP contribution in [0.25, 0.3) is 11.2 Å². The highest BCUT2D eigenvalue weighted by molar-refractivity contribution is 6.28. The van der Waals surface area contributed by atoms with Gasteiger partial charge in [-0.25, -0.2) is 4.98 Å². The second-order valence-corrected chi connectivity index (χ2v) is 8.48. The molecule has 1 aromatic carbocycles. The van der Waals surface area contributed by atoms with Crippen molar-refractivity contribution in [3.63, 3.8) is 0 Å². The molecule has 11 heteroatoms. The Hall–Kier alpha value is -2.95. The molecular formula is C22H27ClN6O4. The predicted molar refractivity (Wildman–Crippen MR) is 123 cm³/mol. The molecule has 1 fully saturated rings. The van der Waals surface area contributed by atoms with Gasteiger partial charge in [-0.05, 0) is 37.1 Å². The first kappa shape index (κ1) is 23.2. The average Bonchev–Trinajstić information content (AvgIpc) is 3.34. The number of para-hydroxylation sites is 1. The van der Waals surface area contributed by atoms with Gasteiger partial charge in [0.05, 0.1) is 24.5 Å². The molecule has 5 atom stereocenters. The van der Waals surface area contributed by atoms with Gasteiger partial charge in [0, 0.05) is 6.42 Å². The molecule has 0 saturated heterocycles. The van der Waals surface area contributed by atoms with E-state index in [0.717, 1.165) is 5.75 Å². The van der Waals surface area contributed by atoms with E-state index in [1.54, 1.807) is 11.5 Å². The summed E-state index contributed by atoms with van der Waals surface area (Å²) >= 11 is 6.19. The molecule has 0 spiro atoms. The number of aliphatic hydroxyl groups is 2. The third-order valence-electron chi connectivity index (χ3n) is 5.70. The molecule has 0 radical (unpaired) electrons. The summed E-state index contributed by atoms with van der Waals surface area (Å²) in [4.78, 5) is 24.8. The van der Waals surface area contributed by atoms with Crippen molar-refractivity contribution in [2.24, 2.45) is 0 Å². The topological polar surface area (TPSA) is 134 Å². The molecule has 2 aromatic heterocycles. The van der Waals surface area contributed by atoms with Crippen LogP contribution >= 0.6 is 11.6 Å². The minimum atomic E-state index is -1.10. The number of benzene rings is 1. The molecule has 0 aliphatic heterocycles. The smallest absolute Gasteiger partial charge is 0.226 e. The monoisotopic (exact) mass is 474 g/mol. The van der Waals surface area contributed by atoms with Crippen molar-refractivity contribution in [1.29, 1.82) is 0 Å². The van der Waals surface area contributed by atoms with Crippen molar-refractivity contribution in [3.05, 3.63) is 41.9 Å². The van der Waals surface area contributed by atoms with E-state index in [1.807, 2.05) is 37.3 Å². The molecule has 4 N–H and O–H groups in total. The third-order valence-corrected chi connectivity index (χ3v) is 5.87. The number of halogens is 1. The lowest BCUT2D eigenvalue weighted by Crippen LogP contribution is -2.42. The fourth-order valence-electron chi connectivity index (χ4n) is 3.98. The van der Waals surface area contributed by atoms with Gasteiger partial charge in [-0.3, -0.25) is 4.79 Å². The number of hydrogen-bond donors (Lipinski definition) is 4. The van der Waals surface area contributed by atoms with Crippen LogP contribution in [0.4, 0.5) is 5.82 Å². The molecular weight excluding hydrogens is 448 g/mol. The molecule has 176 valence electrons. The molecule has 3 aromatic rings. The Labute approximate surface area is 196 Å². The second kappa shape index (κ2) is 9.90. The van der Waals surface area contributed by atoms with Crippen LogP contribution in [-0.4, -0.2) is 66.5 Å². The number of aromatic nitrogens is 4. The van der Waals surface area contributed by atoms with Crippen LogP contribution < -0.4 is 15.4 Å². The molecule has 0 bridgehead atoms. The zero-order valence-corrected chi connectivity index (χ0v) is 19.1. The van der Waals surface area contributed by atoms with E-state index in [9.17, 15) is 15.0 Å². The van der Waals surface area contributed by atoms with Gasteiger partial charge >= 0.3 is 0 Å². The quantitative estimate of drug-likeness (QED) is 0.364. The van der Waals surface area contributed by atoms with E-state index >= 15 is 0 Å². The highest BCUT2D eigenvalue weighted by Crippen LogP contribution is 2.34. The molecule has 1 saturated carbocycles. The maximum absolute atomic E-state index is 11.8. The van der Waals surface area contributed by atoms with E-state index in [0.29, 0.717) is 36.4 Å². The van der Waals surface area contributed by atoms with Gasteiger partial charge in [-0.2, -0.15) is 9.97 Å². The third kappa shape index (κ3) is 5.02. The standard InChI is InChI=1S/C22H27ClN6O4/c1-3-16(30)26-14-9-15(19(32)18(14)31)29-11-24-17-20(27-22(23)28-21(17)29)25-12(2)10-33-13-7-5-4-6-8-13/h4-8,11-12,14-15,18-19,31-32H,3,9-10H2,1-2H3,(H,26,30)(H,25,27,28)/t12-,14?,15+,18+,19-/m0/s1. The number of imidazole rings is 1. The van der Waals surface area contributed by atoms with Crippen LogP contribution in [-0.2, 0) is 4.79 Å². The van der Waals surface area contributed by atoms with Crippen molar-refractivity contribution >= 4 is 34.5 Å². The van der Waals surface area contributed by atoms with E-state index in [1.165, 1.54) is 6.33 Å². The first-order chi connectivity index (χ1) is 15.9. The van der Waals surface area contributed by atoms with Gasteiger partial charge in [0.2, 0.25) is 11.2 Å². The maximum Gasteiger partial charge on any atom is 0.226 e. The zero-order valence-electron chi connectivity index (χ0n) is 18.3. The Morgan fingerprint density at radius 1 is 1.27 bits per heavy atom. The summed E-state index contributed by atoms with van der Waals surface area (Å²) in [7, 11) is 0. The van der Waals surface area contributed by atoms with Crippen molar-refractivity contribution in [3.8, 4) is 5.75 Å². The van der Waals surface area contributed by atoms with Crippen LogP contribution in [0.1, 0.15) is 32.7 Å². The number of rotatable bonds is 8. The van der Waals surface area contributed by atoms with Gasteiger partial charge < -0.3 is 30.2 Å². The number of anilines is 1. The Morgan fingerprint density at radius 3 is 2.76 bits per heavy atom. The number of nitrogens with zero attached hydrogens (tertiary/aromatic N) is 4. The lowest BCUT2D eigenvalue weighted by atomic mass is 10.2. The van der Waals surface area contributed by atoms with Crippen LogP contribution in [0.15, 0.2) is 36.7 Å². The van der Waals surface area contributed by atoms with Gasteiger partial charge in [-0.15, -0.1) is 0 Å². The number of ether oxygens (including phenoxy) is 1. The lowest BCUT2D eigenvalue weighted by molar-refractivity contribution is -0.122. The number of nitrogens with one attached hydrogen (secondary N) is 2. The fraction of sp³-hybridized carbons (Fsp3) is 0.455. The summed E-state index contributed by atoms with van der Waals surface area (Å²) in [5, 5.41) is 27.1. The fourth-order valence-corrected chi connectivity index (χ4v) is 4.15. The summed E-state index contributed by atoms with van der Waals surface area (Å²) in [5.41, 5.74) is 0.904. The molecule has 1 unspecified atom stereocenters. The number of amides is 1. The number of hydrogen-bond acceptors (Lipinski definition) is 8. The Balaban J connectivity index is 1.53. The van der Waals surface area contributed by atoms with Crippen LogP contribution in [0, 0.1) is 0 Å². The maximum atomic E-state index is 11.8. The zero-order chi connectivity index (χ0) is 23.5. The molecule has 10 nitrogen and oxygen atoms in total. The summed E-state index contributed by atoms with van der Waals surface area (Å²) in [6.07, 6.45) is -0.0509. The minimum Gasteiger partial charge on any atom is -0.491 e. The number of carbonyl (C=O) groups excluding carboxylic acids is 1. The molecule has 1 amide bonds. The van der Waals surface area contributed by atoms with Gasteiger partial charge in [0.25, 0.3) is 0 Å². The van der Waals surface area contributed by atoms with E-state index in [-0.39, 0.29) is 17.2 Å². The van der Waals surface area contributed by atoms with Gasteiger partial charge in [0.15, 0.2) is 17.0 Å². The number of fused-ring (bicyclic) bond motifs is 1. The molecule has 33 heavy (non-hydrogen) atoms. The Morgan fingerprint density at radius 2 is 2.03 bits per heavy atom. The van der Waals surface area contributed by atoms with Crippen molar-refractivity contribution < 1.29 is 19.7 Å².